The molecule has 3 fully saturated rings. The van der Waals surface area contributed by atoms with Crippen molar-refractivity contribution in [2.45, 2.75) is 69.6 Å². The molecular weight excluding hydrogens is 422 g/mol. The SMILES string of the molecule is CCCCNC(=O)C1N(CCCO)C(=O)[C@@H]2[C@H](C(=O)Nc3ccccc3)[C@]3(CC)CCC12O3. The molecule has 3 aliphatic heterocycles. The highest BCUT2D eigenvalue weighted by atomic mass is 16.5. The molecule has 5 atom stereocenters. The predicted molar refractivity (Wildman–Crippen MR) is 123 cm³/mol. The number of carbonyl (C=O) groups is 3. The van der Waals surface area contributed by atoms with Crippen LogP contribution in [0.4, 0.5) is 5.69 Å². The molecule has 8 nitrogen and oxygen atoms in total. The molecule has 1 aromatic carbocycles. The summed E-state index contributed by atoms with van der Waals surface area (Å²) in [5.74, 6) is -2.07. The van der Waals surface area contributed by atoms with Gasteiger partial charge in [0.1, 0.15) is 11.6 Å². The molecule has 3 amide bonds. The third-order valence-corrected chi connectivity index (χ3v) is 7.64. The van der Waals surface area contributed by atoms with Crippen LogP contribution < -0.4 is 10.6 Å². The normalized spacial score (nSPS) is 32.2. The van der Waals surface area contributed by atoms with Crippen LogP contribution in [-0.2, 0) is 19.1 Å². The van der Waals surface area contributed by atoms with E-state index < -0.39 is 29.1 Å². The maximum Gasteiger partial charge on any atom is 0.245 e. The fourth-order valence-electron chi connectivity index (χ4n) is 6.12. The lowest BCUT2D eigenvalue weighted by Crippen LogP contribution is -2.55. The number of anilines is 1. The average molecular weight is 458 g/mol. The van der Waals surface area contributed by atoms with E-state index in [-0.39, 0.29) is 30.9 Å². The third-order valence-electron chi connectivity index (χ3n) is 7.64. The molecule has 0 aromatic heterocycles. The van der Waals surface area contributed by atoms with Crippen LogP contribution >= 0.6 is 0 Å². The zero-order valence-corrected chi connectivity index (χ0v) is 19.5. The largest absolute Gasteiger partial charge is 0.396 e. The zero-order valence-electron chi connectivity index (χ0n) is 19.5. The smallest absolute Gasteiger partial charge is 0.245 e. The molecule has 0 aliphatic carbocycles. The van der Waals surface area contributed by atoms with Crippen molar-refractivity contribution >= 4 is 23.4 Å². The van der Waals surface area contributed by atoms with Gasteiger partial charge in [0.25, 0.3) is 0 Å². The van der Waals surface area contributed by atoms with Crippen molar-refractivity contribution in [2.24, 2.45) is 11.8 Å². The number of hydrogen-bond donors (Lipinski definition) is 3. The van der Waals surface area contributed by atoms with Gasteiger partial charge in [0, 0.05) is 25.4 Å². The van der Waals surface area contributed by atoms with Gasteiger partial charge in [0.15, 0.2) is 0 Å². The van der Waals surface area contributed by atoms with Crippen molar-refractivity contribution < 1.29 is 24.2 Å². The van der Waals surface area contributed by atoms with Gasteiger partial charge < -0.3 is 25.4 Å². The summed E-state index contributed by atoms with van der Waals surface area (Å²) >= 11 is 0. The lowest BCUT2D eigenvalue weighted by Gasteiger charge is -2.34. The minimum absolute atomic E-state index is 0.0801. The van der Waals surface area contributed by atoms with E-state index in [4.69, 9.17) is 4.74 Å². The number of amides is 3. The van der Waals surface area contributed by atoms with Gasteiger partial charge in [-0.2, -0.15) is 0 Å². The zero-order chi connectivity index (χ0) is 23.6. The first-order valence-corrected chi connectivity index (χ1v) is 12.2. The Bertz CT molecular complexity index is 893. The molecule has 3 aliphatic rings. The van der Waals surface area contributed by atoms with Crippen LogP contribution in [0.15, 0.2) is 30.3 Å². The van der Waals surface area contributed by atoms with Crippen molar-refractivity contribution in [3.63, 3.8) is 0 Å². The van der Waals surface area contributed by atoms with E-state index in [2.05, 4.69) is 17.6 Å². The average Bonchev–Trinajstić information content (AvgIpc) is 3.42. The van der Waals surface area contributed by atoms with Crippen molar-refractivity contribution in [3.05, 3.63) is 30.3 Å². The quantitative estimate of drug-likeness (QED) is 0.466. The third kappa shape index (κ3) is 3.83. The minimum atomic E-state index is -1.02. The molecule has 3 heterocycles. The van der Waals surface area contributed by atoms with E-state index in [0.717, 1.165) is 12.8 Å². The van der Waals surface area contributed by atoms with Crippen molar-refractivity contribution in [2.75, 3.05) is 25.0 Å². The number of likely N-dealkylation sites (tertiary alicyclic amines) is 1. The number of aliphatic hydroxyl groups is 1. The summed E-state index contributed by atoms with van der Waals surface area (Å²) in [4.78, 5) is 42.2. The number of nitrogens with zero attached hydrogens (tertiary/aromatic N) is 1. The molecule has 2 unspecified atom stereocenters. The predicted octanol–water partition coefficient (Wildman–Crippen LogP) is 2.08. The van der Waals surface area contributed by atoms with Crippen molar-refractivity contribution in [1.29, 1.82) is 0 Å². The van der Waals surface area contributed by atoms with E-state index in [1.165, 1.54) is 0 Å². The van der Waals surface area contributed by atoms with Gasteiger partial charge in [-0.05, 0) is 44.2 Å². The number of fused-ring (bicyclic) bond motifs is 1. The number of rotatable bonds is 10. The number of hydrogen-bond acceptors (Lipinski definition) is 5. The number of benzene rings is 1. The summed E-state index contributed by atoms with van der Waals surface area (Å²) in [5, 5.41) is 15.3. The van der Waals surface area contributed by atoms with Gasteiger partial charge in [-0.25, -0.2) is 0 Å². The molecular formula is C25H35N3O5. The second kappa shape index (κ2) is 9.43. The molecule has 0 radical (unpaired) electrons. The number of aliphatic hydroxyl groups excluding tert-OH is 1. The highest BCUT2D eigenvalue weighted by Gasteiger charge is 2.78. The Labute approximate surface area is 195 Å². The molecule has 1 spiro atoms. The minimum Gasteiger partial charge on any atom is -0.396 e. The van der Waals surface area contributed by atoms with E-state index in [1.807, 2.05) is 37.3 Å². The van der Waals surface area contributed by atoms with Gasteiger partial charge in [-0.1, -0.05) is 38.5 Å². The Morgan fingerprint density at radius 1 is 1.15 bits per heavy atom. The summed E-state index contributed by atoms with van der Waals surface area (Å²) in [7, 11) is 0. The van der Waals surface area contributed by atoms with E-state index in [9.17, 15) is 19.5 Å². The summed E-state index contributed by atoms with van der Waals surface area (Å²) in [6.45, 7) is 4.74. The van der Waals surface area contributed by atoms with Crippen molar-refractivity contribution in [1.82, 2.24) is 10.2 Å². The van der Waals surface area contributed by atoms with Crippen LogP contribution in [0.3, 0.4) is 0 Å². The Hall–Kier alpha value is -2.45. The van der Waals surface area contributed by atoms with Gasteiger partial charge in [0.2, 0.25) is 17.7 Å². The Balaban J connectivity index is 1.69. The summed E-state index contributed by atoms with van der Waals surface area (Å²) in [5.41, 5.74) is -1.11. The second-order valence-corrected chi connectivity index (χ2v) is 9.44. The summed E-state index contributed by atoms with van der Waals surface area (Å²) in [6, 6.07) is 8.40. The maximum atomic E-state index is 13.8. The Kier molecular flexibility index (Phi) is 6.77. The monoisotopic (exact) mass is 457 g/mol. The van der Waals surface area contributed by atoms with E-state index in [1.54, 1.807) is 4.90 Å². The standard InChI is InChI=1S/C25H35N3O5/c1-3-5-14-26-22(31)20-25-13-12-24(4-2,33-25)18(19(25)23(32)28(20)15-9-16-29)21(30)27-17-10-7-6-8-11-17/h6-8,10-11,18-20,29H,3-5,9,12-16H2,1-2H3,(H,26,31)(H,27,30)/t18-,19+,20?,24+,25?/m1/s1. The number of nitrogens with one attached hydrogen (secondary N) is 2. The van der Waals surface area contributed by atoms with Gasteiger partial charge in [-0.15, -0.1) is 0 Å². The van der Waals surface area contributed by atoms with Crippen molar-refractivity contribution in [3.8, 4) is 0 Å². The fraction of sp³-hybridized carbons (Fsp3) is 0.640. The number of carbonyl (C=O) groups excluding carboxylic acids is 3. The van der Waals surface area contributed by atoms with Crippen LogP contribution in [0.1, 0.15) is 52.4 Å². The Morgan fingerprint density at radius 3 is 2.58 bits per heavy atom. The highest BCUT2D eigenvalue weighted by Crippen LogP contribution is 2.64. The van der Waals surface area contributed by atoms with Crippen LogP contribution in [0, 0.1) is 11.8 Å². The van der Waals surface area contributed by atoms with Gasteiger partial charge in [-0.3, -0.25) is 14.4 Å². The van der Waals surface area contributed by atoms with Crippen LogP contribution in [0.25, 0.3) is 0 Å². The van der Waals surface area contributed by atoms with Gasteiger partial charge in [0.05, 0.1) is 17.4 Å². The van der Waals surface area contributed by atoms with Gasteiger partial charge >= 0.3 is 0 Å². The highest BCUT2D eigenvalue weighted by molar-refractivity contribution is 6.02. The molecule has 180 valence electrons. The molecule has 3 saturated heterocycles. The first-order chi connectivity index (χ1) is 15.9. The molecule has 3 N–H and O–H groups in total. The lowest BCUT2D eigenvalue weighted by molar-refractivity contribution is -0.146. The first-order valence-electron chi connectivity index (χ1n) is 12.2. The summed E-state index contributed by atoms with van der Waals surface area (Å²) in [6.07, 6.45) is 3.95. The Morgan fingerprint density at radius 2 is 1.91 bits per heavy atom. The maximum absolute atomic E-state index is 13.8. The molecule has 33 heavy (non-hydrogen) atoms. The van der Waals surface area contributed by atoms with Crippen LogP contribution in [0.2, 0.25) is 0 Å². The summed E-state index contributed by atoms with van der Waals surface area (Å²) < 4.78 is 6.67. The first kappa shape index (κ1) is 23.7. The number of para-hydroxylation sites is 1. The number of unbranched alkanes of at least 4 members (excludes halogenated alkanes) is 1. The van der Waals surface area contributed by atoms with Crippen LogP contribution in [-0.4, -0.2) is 64.7 Å². The fourth-order valence-corrected chi connectivity index (χ4v) is 6.12. The lowest BCUT2D eigenvalue weighted by atomic mass is 9.65. The number of ether oxygens (including phenoxy) is 1. The van der Waals surface area contributed by atoms with E-state index >= 15 is 0 Å². The van der Waals surface area contributed by atoms with E-state index in [0.29, 0.717) is 37.9 Å². The molecule has 8 heteroatoms. The molecule has 4 rings (SSSR count). The second-order valence-electron chi connectivity index (χ2n) is 9.44. The van der Waals surface area contributed by atoms with Crippen LogP contribution in [0.5, 0.6) is 0 Å². The topological polar surface area (TPSA) is 108 Å². The molecule has 1 aromatic rings. The molecule has 2 bridgehead atoms. The molecule has 0 saturated carbocycles.